The van der Waals surface area contributed by atoms with Crippen molar-refractivity contribution in [3.63, 3.8) is 0 Å². The van der Waals surface area contributed by atoms with Gasteiger partial charge in [0.05, 0.1) is 13.7 Å². The molecule has 0 fully saturated rings. The van der Waals surface area contributed by atoms with Crippen LogP contribution in [0.5, 0.6) is 11.5 Å². The molecule has 0 unspecified atom stereocenters. The molecule has 0 saturated carbocycles. The molecule has 1 aromatic heterocycles. The summed E-state index contributed by atoms with van der Waals surface area (Å²) in [4.78, 5) is 18.5. The minimum Gasteiger partial charge on any atom is -0.497 e. The van der Waals surface area contributed by atoms with Crippen molar-refractivity contribution in [3.8, 4) is 22.1 Å². The first-order valence-corrected chi connectivity index (χ1v) is 9.19. The summed E-state index contributed by atoms with van der Waals surface area (Å²) >= 11 is 1.40. The number of carbonyl (C=O) groups is 1. The van der Waals surface area contributed by atoms with Crippen LogP contribution < -0.4 is 9.47 Å². The molecule has 7 heteroatoms. The quantitative estimate of drug-likeness (QED) is 0.613. The maximum atomic E-state index is 13.5. The van der Waals surface area contributed by atoms with Gasteiger partial charge in [-0.25, -0.2) is 9.37 Å². The lowest BCUT2D eigenvalue weighted by Crippen LogP contribution is -2.31. The van der Waals surface area contributed by atoms with Crippen molar-refractivity contribution in [1.82, 2.24) is 9.88 Å². The van der Waals surface area contributed by atoms with Crippen LogP contribution in [0.4, 0.5) is 4.39 Å². The van der Waals surface area contributed by atoms with Gasteiger partial charge in [0.2, 0.25) is 0 Å². The van der Waals surface area contributed by atoms with Crippen molar-refractivity contribution in [3.05, 3.63) is 65.4 Å². The highest BCUT2D eigenvalue weighted by atomic mass is 32.1. The lowest BCUT2D eigenvalue weighted by atomic mass is 10.2. The first kappa shape index (κ1) is 18.8. The topological polar surface area (TPSA) is 51.7 Å². The molecule has 0 saturated heterocycles. The van der Waals surface area contributed by atoms with E-state index in [1.165, 1.54) is 22.3 Å². The maximum Gasteiger partial charge on any atom is 0.273 e. The van der Waals surface area contributed by atoms with Crippen molar-refractivity contribution in [1.29, 1.82) is 0 Å². The standard InChI is InChI=1S/C20H19FN2O3S/c1-23(11-12-26-18-6-4-3-5-16(18)21)20(24)17-13-27-19(22-17)14-7-9-15(25-2)10-8-14/h3-10,13H,11-12H2,1-2H3. The number of methoxy groups -OCH3 is 1. The smallest absolute Gasteiger partial charge is 0.273 e. The number of thiazole rings is 1. The number of nitrogens with zero attached hydrogens (tertiary/aromatic N) is 2. The van der Waals surface area contributed by atoms with Crippen LogP contribution in [0.3, 0.4) is 0 Å². The van der Waals surface area contributed by atoms with E-state index in [0.717, 1.165) is 16.3 Å². The van der Waals surface area contributed by atoms with E-state index in [2.05, 4.69) is 4.98 Å². The number of halogens is 1. The zero-order valence-corrected chi connectivity index (χ0v) is 15.8. The van der Waals surface area contributed by atoms with Gasteiger partial charge in [0, 0.05) is 18.0 Å². The summed E-state index contributed by atoms with van der Waals surface area (Å²) in [5.41, 5.74) is 1.30. The van der Waals surface area contributed by atoms with Crippen LogP contribution in [-0.4, -0.2) is 43.1 Å². The molecule has 27 heavy (non-hydrogen) atoms. The third-order valence-electron chi connectivity index (χ3n) is 3.93. The monoisotopic (exact) mass is 386 g/mol. The van der Waals surface area contributed by atoms with E-state index in [0.29, 0.717) is 12.2 Å². The van der Waals surface area contributed by atoms with Gasteiger partial charge in [-0.1, -0.05) is 12.1 Å². The highest BCUT2D eigenvalue weighted by molar-refractivity contribution is 7.13. The second kappa shape index (κ2) is 8.64. The van der Waals surface area contributed by atoms with E-state index in [1.54, 1.807) is 37.7 Å². The fraction of sp³-hybridized carbons (Fsp3) is 0.200. The van der Waals surface area contributed by atoms with Crippen LogP contribution in [0.25, 0.3) is 10.6 Å². The van der Waals surface area contributed by atoms with Gasteiger partial charge in [0.25, 0.3) is 5.91 Å². The van der Waals surface area contributed by atoms with Gasteiger partial charge in [-0.3, -0.25) is 4.79 Å². The Morgan fingerprint density at radius 2 is 1.93 bits per heavy atom. The third-order valence-corrected chi connectivity index (χ3v) is 4.82. The largest absolute Gasteiger partial charge is 0.497 e. The van der Waals surface area contributed by atoms with Gasteiger partial charge < -0.3 is 14.4 Å². The highest BCUT2D eigenvalue weighted by Gasteiger charge is 2.16. The van der Waals surface area contributed by atoms with Gasteiger partial charge in [-0.2, -0.15) is 0 Å². The van der Waals surface area contributed by atoms with Crippen molar-refractivity contribution < 1.29 is 18.7 Å². The molecule has 0 aliphatic heterocycles. The Hall–Kier alpha value is -2.93. The molecule has 1 heterocycles. The van der Waals surface area contributed by atoms with Crippen molar-refractivity contribution in [2.75, 3.05) is 27.3 Å². The van der Waals surface area contributed by atoms with Crippen LogP contribution in [0.1, 0.15) is 10.5 Å². The molecule has 0 spiro atoms. The number of aromatic nitrogens is 1. The summed E-state index contributed by atoms with van der Waals surface area (Å²) < 4.78 is 24.1. The molecule has 5 nitrogen and oxygen atoms in total. The highest BCUT2D eigenvalue weighted by Crippen LogP contribution is 2.26. The molecule has 3 aromatic rings. The normalized spacial score (nSPS) is 10.5. The summed E-state index contributed by atoms with van der Waals surface area (Å²) in [5.74, 6) is 0.313. The first-order chi connectivity index (χ1) is 13.1. The van der Waals surface area contributed by atoms with Gasteiger partial charge in [0.1, 0.15) is 23.1 Å². The third kappa shape index (κ3) is 4.62. The number of hydrogen-bond acceptors (Lipinski definition) is 5. The number of rotatable bonds is 7. The fourth-order valence-electron chi connectivity index (χ4n) is 2.39. The molecular weight excluding hydrogens is 367 g/mol. The number of para-hydroxylation sites is 1. The molecule has 0 radical (unpaired) electrons. The van der Waals surface area contributed by atoms with E-state index in [9.17, 15) is 9.18 Å². The Balaban J connectivity index is 1.58. The van der Waals surface area contributed by atoms with Crippen LogP contribution in [0.2, 0.25) is 0 Å². The van der Waals surface area contributed by atoms with E-state index < -0.39 is 5.82 Å². The lowest BCUT2D eigenvalue weighted by molar-refractivity contribution is 0.0768. The van der Waals surface area contributed by atoms with Crippen LogP contribution >= 0.6 is 11.3 Å². The Kier molecular flexibility index (Phi) is 6.03. The zero-order chi connectivity index (χ0) is 19.2. The Bertz CT molecular complexity index is 912. The lowest BCUT2D eigenvalue weighted by Gasteiger charge is -2.16. The molecule has 0 bridgehead atoms. The summed E-state index contributed by atoms with van der Waals surface area (Å²) in [6, 6.07) is 13.7. The minimum absolute atomic E-state index is 0.175. The maximum absolute atomic E-state index is 13.5. The van der Waals surface area contributed by atoms with Gasteiger partial charge in [-0.05, 0) is 36.4 Å². The molecule has 0 aliphatic carbocycles. The molecule has 140 valence electrons. The molecule has 0 N–H and O–H groups in total. The number of ether oxygens (including phenoxy) is 2. The minimum atomic E-state index is -0.421. The number of hydrogen-bond donors (Lipinski definition) is 0. The molecule has 2 aromatic carbocycles. The van der Waals surface area contributed by atoms with Gasteiger partial charge >= 0.3 is 0 Å². The van der Waals surface area contributed by atoms with E-state index in [1.807, 2.05) is 24.3 Å². The fourth-order valence-corrected chi connectivity index (χ4v) is 3.19. The predicted octanol–water partition coefficient (Wildman–Crippen LogP) is 4.11. The summed E-state index contributed by atoms with van der Waals surface area (Å²) in [6.07, 6.45) is 0. The average Bonchev–Trinajstić information content (AvgIpc) is 3.19. The predicted molar refractivity (Wildman–Crippen MR) is 103 cm³/mol. The molecular formula is C20H19FN2O3S. The van der Waals surface area contributed by atoms with Crippen LogP contribution in [0.15, 0.2) is 53.9 Å². The first-order valence-electron chi connectivity index (χ1n) is 8.31. The SMILES string of the molecule is COc1ccc(-c2nc(C(=O)N(C)CCOc3ccccc3F)cs2)cc1. The summed E-state index contributed by atoms with van der Waals surface area (Å²) in [5, 5.41) is 2.49. The summed E-state index contributed by atoms with van der Waals surface area (Å²) in [7, 11) is 3.28. The number of likely N-dealkylation sites (N-methyl/N-ethyl adjacent to an activating group) is 1. The van der Waals surface area contributed by atoms with E-state index in [-0.39, 0.29) is 18.3 Å². The van der Waals surface area contributed by atoms with Gasteiger partial charge in [-0.15, -0.1) is 11.3 Å². The molecule has 0 aliphatic rings. The Morgan fingerprint density at radius 3 is 2.63 bits per heavy atom. The van der Waals surface area contributed by atoms with Crippen molar-refractivity contribution in [2.45, 2.75) is 0 Å². The van der Waals surface area contributed by atoms with Crippen molar-refractivity contribution >= 4 is 17.2 Å². The average molecular weight is 386 g/mol. The van der Waals surface area contributed by atoms with Crippen LogP contribution in [-0.2, 0) is 0 Å². The Morgan fingerprint density at radius 1 is 1.19 bits per heavy atom. The second-order valence-corrected chi connectivity index (χ2v) is 6.63. The Labute approximate surface area is 161 Å². The summed E-state index contributed by atoms with van der Waals surface area (Å²) in [6.45, 7) is 0.515. The van der Waals surface area contributed by atoms with Crippen molar-refractivity contribution in [2.24, 2.45) is 0 Å². The number of benzene rings is 2. The number of carbonyl (C=O) groups excluding carboxylic acids is 1. The zero-order valence-electron chi connectivity index (χ0n) is 15.0. The second-order valence-electron chi connectivity index (χ2n) is 5.77. The van der Waals surface area contributed by atoms with Crippen LogP contribution in [0, 0.1) is 5.82 Å². The molecule has 0 atom stereocenters. The van der Waals surface area contributed by atoms with E-state index in [4.69, 9.17) is 9.47 Å². The van der Waals surface area contributed by atoms with Gasteiger partial charge in [0.15, 0.2) is 11.6 Å². The molecule has 1 amide bonds. The van der Waals surface area contributed by atoms with E-state index >= 15 is 0 Å². The molecule has 3 rings (SSSR count). The number of amides is 1.